The second-order valence-electron chi connectivity index (χ2n) is 4.84. The fourth-order valence-corrected chi connectivity index (χ4v) is 2.09. The quantitative estimate of drug-likeness (QED) is 0.768. The molecule has 4 nitrogen and oxygen atoms in total. The molecule has 88 valence electrons. The lowest BCUT2D eigenvalue weighted by atomic mass is 9.82. The number of hydrogen-bond donors (Lipinski definition) is 1. The molecule has 2 unspecified atom stereocenters. The van der Waals surface area contributed by atoms with E-state index in [9.17, 15) is 9.90 Å². The normalized spacial score (nSPS) is 32.3. The number of carbonyl (C=O) groups is 1. The van der Waals surface area contributed by atoms with Gasteiger partial charge in [-0.05, 0) is 26.4 Å². The van der Waals surface area contributed by atoms with Crippen LogP contribution in [0.1, 0.15) is 26.7 Å². The molecule has 1 N–H and O–H groups in total. The van der Waals surface area contributed by atoms with E-state index in [1.807, 2.05) is 19.0 Å². The first-order chi connectivity index (χ1) is 6.90. The van der Waals surface area contributed by atoms with Crippen molar-refractivity contribution in [2.45, 2.75) is 38.3 Å². The van der Waals surface area contributed by atoms with Crippen LogP contribution in [0.2, 0.25) is 0 Å². The summed E-state index contributed by atoms with van der Waals surface area (Å²) >= 11 is 0. The monoisotopic (exact) mass is 215 g/mol. The van der Waals surface area contributed by atoms with Crippen LogP contribution in [0.4, 0.5) is 0 Å². The third-order valence-electron chi connectivity index (χ3n) is 3.38. The van der Waals surface area contributed by atoms with E-state index in [-0.39, 0.29) is 6.10 Å². The van der Waals surface area contributed by atoms with Crippen LogP contribution >= 0.6 is 0 Å². The molecule has 1 rings (SSSR count). The Balaban J connectivity index is 2.85. The van der Waals surface area contributed by atoms with Gasteiger partial charge in [0.1, 0.15) is 5.54 Å². The summed E-state index contributed by atoms with van der Waals surface area (Å²) in [6.45, 7) is 4.67. The summed E-state index contributed by atoms with van der Waals surface area (Å²) in [6, 6.07) is 0. The number of nitrogens with zero attached hydrogens (tertiary/aromatic N) is 1. The van der Waals surface area contributed by atoms with Crippen LogP contribution < -0.4 is 0 Å². The predicted octanol–water partition coefficient (Wildman–Crippen LogP) is 1.21. The van der Waals surface area contributed by atoms with E-state index < -0.39 is 11.5 Å². The second-order valence-corrected chi connectivity index (χ2v) is 4.84. The zero-order chi connectivity index (χ0) is 11.6. The number of hydrogen-bond acceptors (Lipinski definition) is 3. The van der Waals surface area contributed by atoms with Gasteiger partial charge in [0.05, 0.1) is 6.10 Å². The molecular weight excluding hydrogens is 194 g/mol. The average molecular weight is 215 g/mol. The van der Waals surface area contributed by atoms with Gasteiger partial charge in [-0.2, -0.15) is 0 Å². The van der Waals surface area contributed by atoms with Gasteiger partial charge in [0.25, 0.3) is 0 Å². The molecule has 0 aromatic rings. The van der Waals surface area contributed by atoms with Crippen molar-refractivity contribution < 1.29 is 14.6 Å². The Morgan fingerprint density at radius 2 is 2.13 bits per heavy atom. The second kappa shape index (κ2) is 4.49. The van der Waals surface area contributed by atoms with Crippen LogP contribution in [-0.4, -0.2) is 48.3 Å². The lowest BCUT2D eigenvalue weighted by molar-refractivity contribution is -0.162. The standard InChI is InChI=1S/C11H21NO3/c1-8(2)9-7-11(10(13)14,12(3)4)5-6-15-9/h8-9H,5-7H2,1-4H3,(H,13,14). The van der Waals surface area contributed by atoms with Gasteiger partial charge in [-0.3, -0.25) is 9.69 Å². The summed E-state index contributed by atoms with van der Waals surface area (Å²) in [4.78, 5) is 13.2. The number of likely N-dealkylation sites (N-methyl/N-ethyl adjacent to an activating group) is 1. The first kappa shape index (κ1) is 12.5. The van der Waals surface area contributed by atoms with Crippen molar-refractivity contribution in [2.24, 2.45) is 5.92 Å². The van der Waals surface area contributed by atoms with Crippen LogP contribution in [-0.2, 0) is 9.53 Å². The summed E-state index contributed by atoms with van der Waals surface area (Å²) < 4.78 is 5.60. The highest BCUT2D eigenvalue weighted by atomic mass is 16.5. The fourth-order valence-electron chi connectivity index (χ4n) is 2.09. The minimum absolute atomic E-state index is 0.0530. The Labute approximate surface area is 91.2 Å². The van der Waals surface area contributed by atoms with Crippen LogP contribution in [0.25, 0.3) is 0 Å². The molecule has 15 heavy (non-hydrogen) atoms. The van der Waals surface area contributed by atoms with Crippen molar-refractivity contribution in [3.63, 3.8) is 0 Å². The molecule has 0 amide bonds. The molecule has 0 saturated carbocycles. The smallest absolute Gasteiger partial charge is 0.324 e. The van der Waals surface area contributed by atoms with Crippen molar-refractivity contribution in [1.82, 2.24) is 4.90 Å². The molecule has 0 spiro atoms. The van der Waals surface area contributed by atoms with Gasteiger partial charge in [0.15, 0.2) is 0 Å². The topological polar surface area (TPSA) is 49.8 Å². The van der Waals surface area contributed by atoms with E-state index in [2.05, 4.69) is 13.8 Å². The predicted molar refractivity (Wildman–Crippen MR) is 57.9 cm³/mol. The van der Waals surface area contributed by atoms with Crippen LogP contribution in [0.15, 0.2) is 0 Å². The lowest BCUT2D eigenvalue weighted by Crippen LogP contribution is -2.57. The Bertz CT molecular complexity index is 240. The van der Waals surface area contributed by atoms with Crippen LogP contribution in [0, 0.1) is 5.92 Å². The zero-order valence-corrected chi connectivity index (χ0v) is 9.99. The molecular formula is C11H21NO3. The van der Waals surface area contributed by atoms with Crippen molar-refractivity contribution in [2.75, 3.05) is 20.7 Å². The van der Waals surface area contributed by atoms with Gasteiger partial charge in [-0.15, -0.1) is 0 Å². The van der Waals surface area contributed by atoms with Crippen molar-refractivity contribution in [1.29, 1.82) is 0 Å². The SMILES string of the molecule is CC(C)C1CC(C(=O)O)(N(C)C)CCO1. The van der Waals surface area contributed by atoms with E-state index in [1.165, 1.54) is 0 Å². The molecule has 0 aromatic carbocycles. The molecule has 0 bridgehead atoms. The molecule has 0 radical (unpaired) electrons. The molecule has 1 saturated heterocycles. The molecule has 2 atom stereocenters. The number of aliphatic carboxylic acids is 1. The van der Waals surface area contributed by atoms with Crippen molar-refractivity contribution in [3.8, 4) is 0 Å². The summed E-state index contributed by atoms with van der Waals surface area (Å²) in [7, 11) is 3.66. The number of carboxylic acids is 1. The Hall–Kier alpha value is -0.610. The lowest BCUT2D eigenvalue weighted by Gasteiger charge is -2.43. The maximum Gasteiger partial charge on any atom is 0.324 e. The van der Waals surface area contributed by atoms with Gasteiger partial charge in [0.2, 0.25) is 0 Å². The minimum atomic E-state index is -0.743. The minimum Gasteiger partial charge on any atom is -0.480 e. The van der Waals surface area contributed by atoms with Crippen LogP contribution in [0.5, 0.6) is 0 Å². The zero-order valence-electron chi connectivity index (χ0n) is 9.99. The van der Waals surface area contributed by atoms with Crippen LogP contribution in [0.3, 0.4) is 0 Å². The molecule has 1 aliphatic rings. The van der Waals surface area contributed by atoms with E-state index in [4.69, 9.17) is 4.74 Å². The highest BCUT2D eigenvalue weighted by molar-refractivity contribution is 5.79. The molecule has 0 aromatic heterocycles. The Kier molecular flexibility index (Phi) is 3.73. The van der Waals surface area contributed by atoms with E-state index in [1.54, 1.807) is 0 Å². The van der Waals surface area contributed by atoms with E-state index in [0.29, 0.717) is 25.4 Å². The van der Waals surface area contributed by atoms with Gasteiger partial charge in [0, 0.05) is 13.0 Å². The molecule has 1 aliphatic heterocycles. The third kappa shape index (κ3) is 2.32. The van der Waals surface area contributed by atoms with Gasteiger partial charge < -0.3 is 9.84 Å². The summed E-state index contributed by atoms with van der Waals surface area (Å²) in [6.07, 6.45) is 1.20. The van der Waals surface area contributed by atoms with E-state index >= 15 is 0 Å². The third-order valence-corrected chi connectivity index (χ3v) is 3.38. The number of rotatable bonds is 3. The summed E-state index contributed by atoms with van der Waals surface area (Å²) in [5.41, 5.74) is -0.743. The summed E-state index contributed by atoms with van der Waals surface area (Å²) in [5.74, 6) is -0.370. The first-order valence-corrected chi connectivity index (χ1v) is 5.42. The molecule has 1 heterocycles. The van der Waals surface area contributed by atoms with Gasteiger partial charge in [-0.1, -0.05) is 13.8 Å². The Morgan fingerprint density at radius 3 is 2.53 bits per heavy atom. The maximum atomic E-state index is 11.4. The first-order valence-electron chi connectivity index (χ1n) is 5.42. The molecule has 0 aliphatic carbocycles. The highest BCUT2D eigenvalue weighted by Gasteiger charge is 2.46. The Morgan fingerprint density at radius 1 is 1.53 bits per heavy atom. The summed E-state index contributed by atoms with van der Waals surface area (Å²) in [5, 5.41) is 9.36. The molecule has 4 heteroatoms. The fraction of sp³-hybridized carbons (Fsp3) is 0.909. The van der Waals surface area contributed by atoms with Crippen molar-refractivity contribution >= 4 is 5.97 Å². The molecule has 1 fully saturated rings. The van der Waals surface area contributed by atoms with Gasteiger partial charge >= 0.3 is 5.97 Å². The largest absolute Gasteiger partial charge is 0.480 e. The van der Waals surface area contributed by atoms with E-state index in [0.717, 1.165) is 0 Å². The maximum absolute atomic E-state index is 11.4. The van der Waals surface area contributed by atoms with Gasteiger partial charge in [-0.25, -0.2) is 0 Å². The van der Waals surface area contributed by atoms with Crippen molar-refractivity contribution in [3.05, 3.63) is 0 Å². The highest BCUT2D eigenvalue weighted by Crippen LogP contribution is 2.32. The average Bonchev–Trinajstić information content (AvgIpc) is 2.17. The number of carboxylic acid groups (broad SMARTS) is 1. The number of ether oxygens (including phenoxy) is 1.